The highest BCUT2D eigenvalue weighted by molar-refractivity contribution is 5.87. The Balaban J connectivity index is 1.59. The molecule has 1 N–H and O–H groups in total. The minimum Gasteiger partial charge on any atom is -0.396 e. The van der Waals surface area contributed by atoms with Crippen LogP contribution in [0.15, 0.2) is 11.6 Å². The first-order valence-electron chi connectivity index (χ1n) is 13.6. The zero-order valence-corrected chi connectivity index (χ0v) is 22.1. The molecule has 8 atom stereocenters. The van der Waals surface area contributed by atoms with Gasteiger partial charge in [-0.05, 0) is 84.4 Å². The van der Waals surface area contributed by atoms with Crippen molar-refractivity contribution >= 4 is 11.6 Å². The Morgan fingerprint density at radius 3 is 2.27 bits per heavy atom. The van der Waals surface area contributed by atoms with Crippen molar-refractivity contribution in [3.8, 4) is 0 Å². The maximum Gasteiger partial charge on any atom is 0.139 e. The van der Waals surface area contributed by atoms with Gasteiger partial charge in [0.1, 0.15) is 11.6 Å². The molecule has 0 bridgehead atoms. The summed E-state index contributed by atoms with van der Waals surface area (Å²) in [5.41, 5.74) is 1.22. The Hall–Kier alpha value is -0.960. The molecule has 0 spiro atoms. The van der Waals surface area contributed by atoms with Crippen molar-refractivity contribution in [2.24, 2.45) is 50.2 Å². The van der Waals surface area contributed by atoms with Crippen LogP contribution in [0.3, 0.4) is 0 Å². The van der Waals surface area contributed by atoms with E-state index in [2.05, 4.69) is 54.5 Å². The lowest BCUT2D eigenvalue weighted by Crippen LogP contribution is -2.64. The van der Waals surface area contributed by atoms with Crippen LogP contribution in [0.25, 0.3) is 0 Å². The van der Waals surface area contributed by atoms with Crippen LogP contribution in [0.4, 0.5) is 0 Å². The summed E-state index contributed by atoms with van der Waals surface area (Å²) in [6.07, 6.45) is 11.2. The molecule has 5 rings (SSSR count). The Kier molecular flexibility index (Phi) is 4.92. The summed E-state index contributed by atoms with van der Waals surface area (Å²) in [4.78, 5) is 26.3. The number of hydrogen-bond donors (Lipinski definition) is 1. The van der Waals surface area contributed by atoms with Crippen molar-refractivity contribution in [1.82, 2.24) is 0 Å². The van der Waals surface area contributed by atoms with E-state index in [-0.39, 0.29) is 45.0 Å². The Labute approximate surface area is 201 Å². The van der Waals surface area contributed by atoms with Gasteiger partial charge in [-0.3, -0.25) is 9.59 Å². The fraction of sp³-hybridized carbons (Fsp3) is 0.867. The van der Waals surface area contributed by atoms with Crippen molar-refractivity contribution in [3.05, 3.63) is 11.6 Å². The van der Waals surface area contributed by atoms with E-state index in [0.29, 0.717) is 29.8 Å². The Bertz CT molecular complexity index is 931. The second kappa shape index (κ2) is 6.83. The number of hydrogen-bond acceptors (Lipinski definition) is 3. The summed E-state index contributed by atoms with van der Waals surface area (Å²) in [6.45, 7) is 16.4. The smallest absolute Gasteiger partial charge is 0.139 e. The molecule has 4 saturated carbocycles. The molecule has 0 heterocycles. The number of carbonyl (C=O) groups is 2. The fourth-order valence-corrected chi connectivity index (χ4v) is 10.3. The lowest BCUT2D eigenvalue weighted by molar-refractivity contribution is -0.185. The zero-order chi connectivity index (χ0) is 24.2. The number of allylic oxidation sites excluding steroid dienone is 2. The summed E-state index contributed by atoms with van der Waals surface area (Å²) in [7, 11) is 0. The molecule has 3 heteroatoms. The van der Waals surface area contributed by atoms with E-state index in [1.807, 2.05) is 0 Å². The van der Waals surface area contributed by atoms with Crippen molar-refractivity contribution in [1.29, 1.82) is 0 Å². The van der Waals surface area contributed by atoms with Gasteiger partial charge in [0.2, 0.25) is 0 Å². The molecule has 0 aliphatic heterocycles. The predicted octanol–water partition coefficient (Wildman–Crippen LogP) is 6.53. The van der Waals surface area contributed by atoms with Gasteiger partial charge < -0.3 is 5.11 Å². The first-order valence-corrected chi connectivity index (χ1v) is 13.6. The molecule has 8 unspecified atom stereocenters. The van der Waals surface area contributed by atoms with E-state index >= 15 is 0 Å². The number of Topliss-reactive ketones (excluding diaryl/α,β-unsaturated/α-hetero) is 2. The first kappa shape index (κ1) is 23.8. The van der Waals surface area contributed by atoms with Crippen molar-refractivity contribution in [3.63, 3.8) is 0 Å². The summed E-state index contributed by atoms with van der Waals surface area (Å²) in [5.74, 6) is 2.13. The topological polar surface area (TPSA) is 54.4 Å². The third-order valence-corrected chi connectivity index (χ3v) is 12.9. The third-order valence-electron chi connectivity index (χ3n) is 12.9. The molecule has 0 aromatic carbocycles. The van der Waals surface area contributed by atoms with Gasteiger partial charge in [0.25, 0.3) is 0 Å². The normalized spacial score (nSPS) is 53.3. The van der Waals surface area contributed by atoms with Gasteiger partial charge in [-0.2, -0.15) is 0 Å². The van der Waals surface area contributed by atoms with Crippen LogP contribution < -0.4 is 0 Å². The van der Waals surface area contributed by atoms with Gasteiger partial charge in [0.15, 0.2) is 0 Å². The summed E-state index contributed by atoms with van der Waals surface area (Å²) in [6, 6.07) is 0. The molecule has 5 aliphatic carbocycles. The quantitative estimate of drug-likeness (QED) is 0.458. The molecule has 3 nitrogen and oxygen atoms in total. The zero-order valence-electron chi connectivity index (χ0n) is 22.1. The van der Waals surface area contributed by atoms with Gasteiger partial charge in [-0.15, -0.1) is 0 Å². The van der Waals surface area contributed by atoms with Gasteiger partial charge >= 0.3 is 0 Å². The summed E-state index contributed by atoms with van der Waals surface area (Å²) in [5, 5.41) is 10.2. The van der Waals surface area contributed by atoms with Gasteiger partial charge in [-0.1, -0.05) is 60.1 Å². The lowest BCUT2D eigenvalue weighted by atomic mass is 9.33. The first-order chi connectivity index (χ1) is 15.2. The highest BCUT2D eigenvalue weighted by Crippen LogP contribution is 2.75. The van der Waals surface area contributed by atoms with E-state index in [9.17, 15) is 14.7 Å². The predicted molar refractivity (Wildman–Crippen MR) is 132 cm³/mol. The van der Waals surface area contributed by atoms with Crippen LogP contribution >= 0.6 is 0 Å². The monoisotopic (exact) mass is 454 g/mol. The molecular formula is C30H46O3. The van der Waals surface area contributed by atoms with Gasteiger partial charge in [0.05, 0.1) is 0 Å². The molecule has 4 fully saturated rings. The summed E-state index contributed by atoms with van der Waals surface area (Å²) >= 11 is 0. The molecule has 184 valence electrons. The van der Waals surface area contributed by atoms with Crippen molar-refractivity contribution in [2.75, 3.05) is 6.61 Å². The molecule has 0 aromatic rings. The fourth-order valence-electron chi connectivity index (χ4n) is 10.3. The number of aliphatic hydroxyl groups excluding tert-OH is 1. The van der Waals surface area contributed by atoms with Crippen LogP contribution in [0.2, 0.25) is 0 Å². The molecular weight excluding hydrogens is 408 g/mol. The van der Waals surface area contributed by atoms with E-state index < -0.39 is 0 Å². The second-order valence-corrected chi connectivity index (χ2v) is 14.7. The Morgan fingerprint density at radius 1 is 0.909 bits per heavy atom. The maximum absolute atomic E-state index is 13.4. The van der Waals surface area contributed by atoms with Gasteiger partial charge in [0, 0.05) is 30.3 Å². The SMILES string of the molecule is CC1(CO)CC(=O)C2(C)CCC3(C)C(=CCC4C5(C)CCC(=O)C(C)(C)C5CCC43C)C2C1. The lowest BCUT2D eigenvalue weighted by Gasteiger charge is -2.70. The van der Waals surface area contributed by atoms with Crippen molar-refractivity contribution < 1.29 is 14.7 Å². The molecule has 0 saturated heterocycles. The number of rotatable bonds is 1. The van der Waals surface area contributed by atoms with Crippen LogP contribution in [0.1, 0.15) is 106 Å². The van der Waals surface area contributed by atoms with E-state index in [0.717, 1.165) is 44.9 Å². The van der Waals surface area contributed by atoms with Crippen LogP contribution in [0.5, 0.6) is 0 Å². The van der Waals surface area contributed by atoms with E-state index in [1.54, 1.807) is 0 Å². The molecule has 0 radical (unpaired) electrons. The van der Waals surface area contributed by atoms with Crippen LogP contribution in [0, 0.1) is 50.2 Å². The number of carbonyl (C=O) groups excluding carboxylic acids is 2. The highest BCUT2D eigenvalue weighted by atomic mass is 16.3. The number of fused-ring (bicyclic) bond motifs is 7. The van der Waals surface area contributed by atoms with Crippen LogP contribution in [-0.2, 0) is 9.59 Å². The number of ketones is 2. The number of aliphatic hydroxyl groups is 1. The average molecular weight is 455 g/mol. The average Bonchev–Trinajstić information content (AvgIpc) is 2.73. The second-order valence-electron chi connectivity index (χ2n) is 14.7. The minimum atomic E-state index is -0.296. The maximum atomic E-state index is 13.4. The van der Waals surface area contributed by atoms with Crippen LogP contribution in [-0.4, -0.2) is 23.3 Å². The van der Waals surface area contributed by atoms with E-state index in [1.165, 1.54) is 12.0 Å². The minimum absolute atomic E-state index is 0.0909. The third kappa shape index (κ3) is 2.78. The molecule has 5 aliphatic rings. The molecule has 33 heavy (non-hydrogen) atoms. The highest BCUT2D eigenvalue weighted by Gasteiger charge is 2.68. The van der Waals surface area contributed by atoms with Crippen molar-refractivity contribution in [2.45, 2.75) is 106 Å². The summed E-state index contributed by atoms with van der Waals surface area (Å²) < 4.78 is 0. The molecule has 0 aromatic heterocycles. The largest absolute Gasteiger partial charge is 0.396 e. The van der Waals surface area contributed by atoms with Gasteiger partial charge in [-0.25, -0.2) is 0 Å². The molecule has 0 amide bonds. The standard InChI is InChI=1S/C30H46O3/c1-25(2)21-10-13-30(7)22(28(21,5)12-11-23(25)32)9-8-19-20-16-26(3,18-31)17-24(33)27(20,4)14-15-29(19,30)6/h8,20-22,31H,9-18H2,1-7H3. The Morgan fingerprint density at radius 2 is 1.61 bits per heavy atom. The van der Waals surface area contributed by atoms with E-state index in [4.69, 9.17) is 0 Å².